The predicted molar refractivity (Wildman–Crippen MR) is 56.3 cm³/mol. The lowest BCUT2D eigenvalue weighted by atomic mass is 10.1. The van der Waals surface area contributed by atoms with Crippen molar-refractivity contribution in [3.8, 4) is 0 Å². The maximum atomic E-state index is 4.91. The first-order chi connectivity index (χ1) is 5.68. The van der Waals surface area contributed by atoms with E-state index >= 15 is 0 Å². The smallest absolute Gasteiger partial charge is 0.0724 e. The van der Waals surface area contributed by atoms with E-state index in [0.29, 0.717) is 0 Å². The molecule has 0 unspecified atom stereocenters. The minimum Gasteiger partial charge on any atom is -0.376 e. The second-order valence-electron chi connectivity index (χ2n) is 2.90. The third kappa shape index (κ3) is 3.01. The van der Waals surface area contributed by atoms with Gasteiger partial charge < -0.3 is 5.32 Å². The van der Waals surface area contributed by atoms with Gasteiger partial charge in [0.15, 0.2) is 0 Å². The molecule has 0 atom stereocenters. The zero-order chi connectivity index (χ0) is 8.97. The molecule has 12 heavy (non-hydrogen) atoms. The van der Waals surface area contributed by atoms with Gasteiger partial charge in [-0.15, -0.1) is 0 Å². The summed E-state index contributed by atoms with van der Waals surface area (Å²) in [6.07, 6.45) is 0. The van der Waals surface area contributed by atoms with Crippen molar-refractivity contribution in [1.29, 1.82) is 0 Å². The van der Waals surface area contributed by atoms with Crippen molar-refractivity contribution >= 4 is 17.2 Å². The second-order valence-corrected chi connectivity index (χ2v) is 3.51. The molecule has 0 aliphatic heterocycles. The molecule has 0 aliphatic carbocycles. The van der Waals surface area contributed by atoms with Gasteiger partial charge in [-0.2, -0.15) is 0 Å². The fourth-order valence-corrected chi connectivity index (χ4v) is 1.00. The molecular weight excluding hydrogens is 166 g/mol. The number of thiocarbonyl (C=S) groups is 1. The topological polar surface area (TPSA) is 12.0 Å². The van der Waals surface area contributed by atoms with E-state index in [0.717, 1.165) is 11.5 Å². The summed E-state index contributed by atoms with van der Waals surface area (Å²) in [6.45, 7) is 4.81. The summed E-state index contributed by atoms with van der Waals surface area (Å²) in [6, 6.07) is 8.44. The highest BCUT2D eigenvalue weighted by Gasteiger charge is 1.91. The normalized spacial score (nSPS) is 9.50. The molecule has 0 fully saturated rings. The van der Waals surface area contributed by atoms with E-state index in [-0.39, 0.29) is 0 Å². The highest BCUT2D eigenvalue weighted by atomic mass is 32.1. The fraction of sp³-hybridized carbons (Fsp3) is 0.300. The van der Waals surface area contributed by atoms with Crippen molar-refractivity contribution in [3.63, 3.8) is 0 Å². The minimum absolute atomic E-state index is 0.829. The van der Waals surface area contributed by atoms with Gasteiger partial charge in [-0.3, -0.25) is 0 Å². The van der Waals surface area contributed by atoms with Crippen LogP contribution in [0.1, 0.15) is 18.1 Å². The van der Waals surface area contributed by atoms with Crippen LogP contribution in [0, 0.1) is 6.92 Å². The third-order valence-corrected chi connectivity index (χ3v) is 1.81. The molecular formula is C10H13NS. The van der Waals surface area contributed by atoms with Crippen molar-refractivity contribution in [2.24, 2.45) is 0 Å². The summed E-state index contributed by atoms with van der Waals surface area (Å²) in [5.74, 6) is 0. The molecule has 1 N–H and O–H groups in total. The van der Waals surface area contributed by atoms with E-state index in [4.69, 9.17) is 12.2 Å². The van der Waals surface area contributed by atoms with Gasteiger partial charge in [0, 0.05) is 6.54 Å². The number of aryl methyl sites for hydroxylation is 1. The number of hydrogen-bond acceptors (Lipinski definition) is 1. The maximum Gasteiger partial charge on any atom is 0.0724 e. The fourth-order valence-electron chi connectivity index (χ4n) is 0.932. The van der Waals surface area contributed by atoms with E-state index in [1.165, 1.54) is 11.1 Å². The van der Waals surface area contributed by atoms with Gasteiger partial charge >= 0.3 is 0 Å². The molecule has 2 heteroatoms. The summed E-state index contributed by atoms with van der Waals surface area (Å²) >= 11 is 4.91. The van der Waals surface area contributed by atoms with Crippen LogP contribution in [0.4, 0.5) is 0 Å². The van der Waals surface area contributed by atoms with Crippen molar-refractivity contribution in [1.82, 2.24) is 5.32 Å². The van der Waals surface area contributed by atoms with Crippen molar-refractivity contribution in [3.05, 3.63) is 35.4 Å². The van der Waals surface area contributed by atoms with Crippen LogP contribution in [0.5, 0.6) is 0 Å². The largest absolute Gasteiger partial charge is 0.376 e. The molecule has 0 saturated heterocycles. The first-order valence-electron chi connectivity index (χ1n) is 3.98. The zero-order valence-electron chi connectivity index (χ0n) is 7.42. The molecule has 0 saturated carbocycles. The van der Waals surface area contributed by atoms with E-state index in [2.05, 4.69) is 36.5 Å². The monoisotopic (exact) mass is 179 g/mol. The van der Waals surface area contributed by atoms with Crippen molar-refractivity contribution < 1.29 is 0 Å². The van der Waals surface area contributed by atoms with Gasteiger partial charge in [0.05, 0.1) is 4.99 Å². The Hall–Kier alpha value is -0.890. The van der Waals surface area contributed by atoms with Crippen LogP contribution in [0.25, 0.3) is 0 Å². The first-order valence-corrected chi connectivity index (χ1v) is 4.39. The minimum atomic E-state index is 0.829. The Labute approximate surface area is 78.8 Å². The third-order valence-electron chi connectivity index (χ3n) is 1.66. The molecule has 1 nitrogen and oxygen atoms in total. The lowest BCUT2D eigenvalue weighted by Gasteiger charge is -2.03. The second kappa shape index (κ2) is 4.21. The van der Waals surface area contributed by atoms with Gasteiger partial charge in [-0.05, 0) is 19.4 Å². The van der Waals surface area contributed by atoms with E-state index < -0.39 is 0 Å². The zero-order valence-corrected chi connectivity index (χ0v) is 8.24. The maximum absolute atomic E-state index is 4.91. The summed E-state index contributed by atoms with van der Waals surface area (Å²) < 4.78 is 0. The molecule has 1 aromatic carbocycles. The van der Waals surface area contributed by atoms with E-state index in [1.807, 2.05) is 6.92 Å². The van der Waals surface area contributed by atoms with Crippen LogP contribution < -0.4 is 5.32 Å². The van der Waals surface area contributed by atoms with Crippen molar-refractivity contribution in [2.45, 2.75) is 20.4 Å². The Bertz CT molecular complexity index is 264. The molecule has 1 rings (SSSR count). The van der Waals surface area contributed by atoms with Crippen LogP contribution in [0.3, 0.4) is 0 Å². The highest BCUT2D eigenvalue weighted by molar-refractivity contribution is 7.80. The summed E-state index contributed by atoms with van der Waals surface area (Å²) in [7, 11) is 0. The molecule has 0 aromatic heterocycles. The predicted octanol–water partition coefficient (Wildman–Crippen LogP) is 2.43. The van der Waals surface area contributed by atoms with E-state index in [1.54, 1.807) is 0 Å². The molecule has 0 aliphatic rings. The average molecular weight is 179 g/mol. The Balaban J connectivity index is 2.53. The molecule has 0 bridgehead atoms. The number of nitrogens with one attached hydrogen (secondary N) is 1. The van der Waals surface area contributed by atoms with Crippen LogP contribution in [0.2, 0.25) is 0 Å². The summed E-state index contributed by atoms with van der Waals surface area (Å²) in [4.78, 5) is 0.843. The molecule has 0 radical (unpaired) electrons. The van der Waals surface area contributed by atoms with Crippen LogP contribution >= 0.6 is 12.2 Å². The van der Waals surface area contributed by atoms with Gasteiger partial charge in [0.2, 0.25) is 0 Å². The lowest BCUT2D eigenvalue weighted by Crippen LogP contribution is -2.16. The van der Waals surface area contributed by atoms with Crippen LogP contribution in [0.15, 0.2) is 24.3 Å². The highest BCUT2D eigenvalue weighted by Crippen LogP contribution is 2.02. The Morgan fingerprint density at radius 3 is 2.42 bits per heavy atom. The van der Waals surface area contributed by atoms with Gasteiger partial charge in [0.1, 0.15) is 0 Å². The van der Waals surface area contributed by atoms with Gasteiger partial charge in [0.25, 0.3) is 0 Å². The molecule has 0 heterocycles. The summed E-state index contributed by atoms with van der Waals surface area (Å²) in [5.41, 5.74) is 2.56. The Kier molecular flexibility index (Phi) is 3.23. The number of rotatable bonds is 2. The van der Waals surface area contributed by atoms with Crippen LogP contribution in [-0.2, 0) is 6.54 Å². The molecule has 64 valence electrons. The number of hydrogen-bond donors (Lipinski definition) is 1. The quantitative estimate of drug-likeness (QED) is 0.700. The number of benzene rings is 1. The van der Waals surface area contributed by atoms with Gasteiger partial charge in [-0.1, -0.05) is 42.0 Å². The van der Waals surface area contributed by atoms with E-state index in [9.17, 15) is 0 Å². The Morgan fingerprint density at radius 1 is 1.33 bits per heavy atom. The molecule has 1 aromatic rings. The van der Waals surface area contributed by atoms with Crippen molar-refractivity contribution in [2.75, 3.05) is 0 Å². The average Bonchev–Trinajstić information content (AvgIpc) is 2.03. The SMILES string of the molecule is CC(=S)NCc1ccc(C)cc1. The summed E-state index contributed by atoms with van der Waals surface area (Å²) in [5, 5.41) is 3.11. The van der Waals surface area contributed by atoms with Gasteiger partial charge in [-0.25, -0.2) is 0 Å². The first kappa shape index (κ1) is 9.20. The Morgan fingerprint density at radius 2 is 1.92 bits per heavy atom. The standard InChI is InChI=1S/C10H13NS/c1-8-3-5-10(6-4-8)7-11-9(2)12/h3-6H,7H2,1-2H3,(H,11,12). The van der Waals surface area contributed by atoms with Crippen LogP contribution in [-0.4, -0.2) is 4.99 Å². The molecule has 0 spiro atoms. The lowest BCUT2D eigenvalue weighted by molar-refractivity contribution is 0.923. The molecule has 0 amide bonds.